The third kappa shape index (κ3) is 4.14. The SMILES string of the molecule is CC(C)(C)c1ccc(-c2ccc(-c3ccc(C(C)(C)C)cc3)c3cc4ccccc4cc23)cc1. The van der Waals surface area contributed by atoms with Crippen molar-refractivity contribution in [2.75, 3.05) is 0 Å². The molecule has 34 heavy (non-hydrogen) atoms. The largest absolute Gasteiger partial charge is 0.0616 e. The van der Waals surface area contributed by atoms with Crippen LogP contribution in [0, 0.1) is 0 Å². The third-order valence-corrected chi connectivity index (χ3v) is 7.01. The monoisotopic (exact) mass is 442 g/mol. The lowest BCUT2D eigenvalue weighted by Crippen LogP contribution is -2.10. The molecule has 0 heterocycles. The molecule has 0 atom stereocenters. The highest BCUT2D eigenvalue weighted by atomic mass is 14.2. The van der Waals surface area contributed by atoms with Gasteiger partial charge in [-0.2, -0.15) is 0 Å². The van der Waals surface area contributed by atoms with Gasteiger partial charge in [-0.3, -0.25) is 0 Å². The number of hydrogen-bond donors (Lipinski definition) is 0. The minimum absolute atomic E-state index is 0.153. The van der Waals surface area contributed by atoms with Gasteiger partial charge in [0.25, 0.3) is 0 Å². The Morgan fingerprint density at radius 1 is 0.412 bits per heavy atom. The molecule has 0 fully saturated rings. The Kier molecular flexibility index (Phi) is 5.36. The lowest BCUT2D eigenvalue weighted by Gasteiger charge is -2.20. The quantitative estimate of drug-likeness (QED) is 0.239. The first-order valence-corrected chi connectivity index (χ1v) is 12.3. The average molecular weight is 443 g/mol. The van der Waals surface area contributed by atoms with Crippen molar-refractivity contribution < 1.29 is 0 Å². The van der Waals surface area contributed by atoms with Crippen molar-refractivity contribution in [2.45, 2.75) is 52.4 Å². The molecule has 0 amide bonds. The molecule has 0 aromatic heterocycles. The first-order valence-electron chi connectivity index (χ1n) is 12.3. The first-order chi connectivity index (χ1) is 16.1. The summed E-state index contributed by atoms with van der Waals surface area (Å²) in [4.78, 5) is 0. The van der Waals surface area contributed by atoms with Crippen LogP contribution in [0.3, 0.4) is 0 Å². The highest BCUT2D eigenvalue weighted by molar-refractivity contribution is 6.10. The summed E-state index contributed by atoms with van der Waals surface area (Å²) < 4.78 is 0. The topological polar surface area (TPSA) is 0 Å². The molecule has 0 heteroatoms. The zero-order valence-corrected chi connectivity index (χ0v) is 21.2. The van der Waals surface area contributed by atoms with Crippen molar-refractivity contribution in [3.63, 3.8) is 0 Å². The van der Waals surface area contributed by atoms with Gasteiger partial charge < -0.3 is 0 Å². The zero-order chi connectivity index (χ0) is 24.1. The van der Waals surface area contributed by atoms with E-state index in [9.17, 15) is 0 Å². The number of benzene rings is 5. The number of fused-ring (bicyclic) bond motifs is 2. The van der Waals surface area contributed by atoms with Gasteiger partial charge in [-0.1, -0.05) is 126 Å². The van der Waals surface area contributed by atoms with Crippen LogP contribution in [0.1, 0.15) is 52.7 Å². The lowest BCUT2D eigenvalue weighted by molar-refractivity contribution is 0.590. The van der Waals surface area contributed by atoms with E-state index in [-0.39, 0.29) is 10.8 Å². The molecular formula is C34H34. The molecule has 0 saturated heterocycles. The Morgan fingerprint density at radius 2 is 0.765 bits per heavy atom. The van der Waals surface area contributed by atoms with E-state index in [0.717, 1.165) is 0 Å². The van der Waals surface area contributed by atoms with E-state index in [0.29, 0.717) is 0 Å². The van der Waals surface area contributed by atoms with Gasteiger partial charge in [0.2, 0.25) is 0 Å². The maximum Gasteiger partial charge on any atom is -0.00928 e. The van der Waals surface area contributed by atoms with E-state index in [4.69, 9.17) is 0 Å². The van der Waals surface area contributed by atoms with Crippen molar-refractivity contribution in [1.29, 1.82) is 0 Å². The maximum absolute atomic E-state index is 2.37. The predicted molar refractivity (Wildman–Crippen MR) is 150 cm³/mol. The Hall–Kier alpha value is -3.38. The minimum Gasteiger partial charge on any atom is -0.0616 e. The number of rotatable bonds is 2. The molecular weight excluding hydrogens is 408 g/mol. The van der Waals surface area contributed by atoms with Crippen LogP contribution in [-0.2, 0) is 10.8 Å². The van der Waals surface area contributed by atoms with Crippen LogP contribution in [0.25, 0.3) is 43.8 Å². The highest BCUT2D eigenvalue weighted by Crippen LogP contribution is 2.39. The molecule has 5 rings (SSSR count). The molecule has 0 spiro atoms. The van der Waals surface area contributed by atoms with Crippen LogP contribution < -0.4 is 0 Å². The molecule has 0 aliphatic carbocycles. The maximum atomic E-state index is 2.37. The van der Waals surface area contributed by atoms with Gasteiger partial charge in [-0.15, -0.1) is 0 Å². The van der Waals surface area contributed by atoms with E-state index in [1.54, 1.807) is 0 Å². The van der Waals surface area contributed by atoms with E-state index in [2.05, 4.69) is 139 Å². The van der Waals surface area contributed by atoms with Crippen LogP contribution in [-0.4, -0.2) is 0 Å². The third-order valence-electron chi connectivity index (χ3n) is 7.01. The molecule has 0 unspecified atom stereocenters. The summed E-state index contributed by atoms with van der Waals surface area (Å²) in [5, 5.41) is 5.17. The first kappa shape index (κ1) is 22.4. The van der Waals surface area contributed by atoms with Gasteiger partial charge >= 0.3 is 0 Å². The van der Waals surface area contributed by atoms with Crippen molar-refractivity contribution in [2.24, 2.45) is 0 Å². The summed E-state index contributed by atoms with van der Waals surface area (Å²) in [6.45, 7) is 13.6. The molecule has 0 radical (unpaired) electrons. The molecule has 0 N–H and O–H groups in total. The Morgan fingerprint density at radius 3 is 1.09 bits per heavy atom. The molecule has 0 aliphatic heterocycles. The van der Waals surface area contributed by atoms with E-state index < -0.39 is 0 Å². The van der Waals surface area contributed by atoms with Gasteiger partial charge in [0, 0.05) is 0 Å². The Labute approximate surface area is 204 Å². The molecule has 0 saturated carbocycles. The van der Waals surface area contributed by atoms with Gasteiger partial charge in [-0.25, -0.2) is 0 Å². The van der Waals surface area contributed by atoms with Crippen molar-refractivity contribution in [1.82, 2.24) is 0 Å². The van der Waals surface area contributed by atoms with Gasteiger partial charge in [0.1, 0.15) is 0 Å². The van der Waals surface area contributed by atoms with E-state index in [1.165, 1.54) is 54.9 Å². The fourth-order valence-corrected chi connectivity index (χ4v) is 4.84. The van der Waals surface area contributed by atoms with Crippen LogP contribution in [0.4, 0.5) is 0 Å². The van der Waals surface area contributed by atoms with Crippen molar-refractivity contribution >= 4 is 21.5 Å². The van der Waals surface area contributed by atoms with Crippen LogP contribution in [0.5, 0.6) is 0 Å². The lowest BCUT2D eigenvalue weighted by atomic mass is 9.84. The van der Waals surface area contributed by atoms with Crippen molar-refractivity contribution in [3.05, 3.63) is 108 Å². The summed E-state index contributed by atoms with van der Waals surface area (Å²) >= 11 is 0. The zero-order valence-electron chi connectivity index (χ0n) is 21.2. The van der Waals surface area contributed by atoms with Crippen LogP contribution in [0.2, 0.25) is 0 Å². The summed E-state index contributed by atoms with van der Waals surface area (Å²) in [5.41, 5.74) is 8.14. The standard InChI is InChI=1S/C34H34/c1-33(2,3)27-15-11-23(12-16-27)29-19-20-30(24-13-17-28(18-14-24)34(4,5)6)32-22-26-10-8-7-9-25(26)21-31(29)32/h7-22H,1-6H3. The van der Waals surface area contributed by atoms with Gasteiger partial charge in [0.05, 0.1) is 0 Å². The molecule has 0 bridgehead atoms. The fraction of sp³-hybridized carbons (Fsp3) is 0.235. The van der Waals surface area contributed by atoms with E-state index in [1.807, 2.05) is 0 Å². The summed E-state index contributed by atoms with van der Waals surface area (Å²) in [5.74, 6) is 0. The molecule has 5 aromatic carbocycles. The van der Waals surface area contributed by atoms with Crippen molar-refractivity contribution in [3.8, 4) is 22.3 Å². The Balaban J connectivity index is 1.72. The second-order valence-electron chi connectivity index (χ2n) is 11.6. The molecule has 5 aromatic rings. The summed E-state index contributed by atoms with van der Waals surface area (Å²) in [6, 6.07) is 36.3. The normalized spacial score (nSPS) is 12.4. The predicted octanol–water partition coefficient (Wildman–Crippen LogP) is 9.92. The van der Waals surface area contributed by atoms with Gasteiger partial charge in [-0.05, 0) is 77.9 Å². The average Bonchev–Trinajstić information content (AvgIpc) is 2.81. The minimum atomic E-state index is 0.153. The molecule has 0 aliphatic rings. The molecule has 170 valence electrons. The van der Waals surface area contributed by atoms with Crippen LogP contribution in [0.15, 0.2) is 97.1 Å². The second kappa shape index (κ2) is 8.13. The van der Waals surface area contributed by atoms with E-state index >= 15 is 0 Å². The smallest absolute Gasteiger partial charge is 0.00928 e. The summed E-state index contributed by atoms with van der Waals surface area (Å²) in [7, 11) is 0. The second-order valence-corrected chi connectivity index (χ2v) is 11.6. The molecule has 0 nitrogen and oxygen atoms in total. The van der Waals surface area contributed by atoms with Crippen LogP contribution >= 0.6 is 0 Å². The van der Waals surface area contributed by atoms with Gasteiger partial charge in [0.15, 0.2) is 0 Å². The fourth-order valence-electron chi connectivity index (χ4n) is 4.84. The highest BCUT2D eigenvalue weighted by Gasteiger charge is 2.16. The number of hydrogen-bond acceptors (Lipinski definition) is 0. The summed E-state index contributed by atoms with van der Waals surface area (Å²) in [6.07, 6.45) is 0. The Bertz CT molecular complexity index is 1350.